The van der Waals surface area contributed by atoms with E-state index in [0.717, 1.165) is 12.1 Å². The van der Waals surface area contributed by atoms with Crippen molar-refractivity contribution in [3.05, 3.63) is 24.3 Å². The quantitative estimate of drug-likeness (QED) is 0.847. The van der Waals surface area contributed by atoms with Crippen LogP contribution in [0.4, 0.5) is 18.9 Å². The number of rotatable bonds is 6. The predicted molar refractivity (Wildman–Crippen MR) is 67.8 cm³/mol. The number of alkyl halides is 3. The molecule has 0 radical (unpaired) electrons. The standard InChI is InChI=1S/C13H14F3NO4/c1-8(6-12(19)20)5-11(18)17-9-3-2-4-10(7-9)21-13(14,15)16/h2-4,7-8H,5-6H2,1H3,(H,17,18)(H,19,20). The third-order valence-electron chi connectivity index (χ3n) is 2.41. The van der Waals surface area contributed by atoms with Crippen LogP contribution in [-0.2, 0) is 9.59 Å². The summed E-state index contributed by atoms with van der Waals surface area (Å²) in [7, 11) is 0. The van der Waals surface area contributed by atoms with Crippen molar-refractivity contribution in [3.63, 3.8) is 0 Å². The van der Waals surface area contributed by atoms with Crippen molar-refractivity contribution >= 4 is 17.6 Å². The Morgan fingerprint density at radius 1 is 1.33 bits per heavy atom. The van der Waals surface area contributed by atoms with Gasteiger partial charge in [-0.3, -0.25) is 9.59 Å². The molecule has 0 saturated heterocycles. The lowest BCUT2D eigenvalue weighted by molar-refractivity contribution is -0.274. The molecule has 1 aromatic carbocycles. The molecule has 0 saturated carbocycles. The van der Waals surface area contributed by atoms with Gasteiger partial charge in [-0.1, -0.05) is 13.0 Å². The molecule has 2 N–H and O–H groups in total. The number of nitrogens with one attached hydrogen (secondary N) is 1. The summed E-state index contributed by atoms with van der Waals surface area (Å²) in [6.07, 6.45) is -5.01. The monoisotopic (exact) mass is 305 g/mol. The number of ether oxygens (including phenoxy) is 1. The maximum absolute atomic E-state index is 12.1. The third kappa shape index (κ3) is 7.19. The summed E-state index contributed by atoms with van der Waals surface area (Å²) in [5, 5.41) is 11.0. The van der Waals surface area contributed by atoms with Gasteiger partial charge in [-0.2, -0.15) is 0 Å². The predicted octanol–water partition coefficient (Wildman–Crippen LogP) is 3.02. The molecule has 0 aliphatic rings. The molecule has 1 unspecified atom stereocenters. The second kappa shape index (κ2) is 6.96. The van der Waals surface area contributed by atoms with E-state index in [9.17, 15) is 22.8 Å². The van der Waals surface area contributed by atoms with E-state index in [4.69, 9.17) is 5.11 Å². The molecule has 0 aliphatic heterocycles. The van der Waals surface area contributed by atoms with Gasteiger partial charge in [0, 0.05) is 24.6 Å². The first kappa shape index (κ1) is 16.8. The maximum atomic E-state index is 12.1. The molecule has 0 aromatic heterocycles. The van der Waals surface area contributed by atoms with Crippen LogP contribution < -0.4 is 10.1 Å². The Bertz CT molecular complexity index is 516. The number of anilines is 1. The van der Waals surface area contributed by atoms with E-state index in [1.807, 2.05) is 0 Å². The van der Waals surface area contributed by atoms with E-state index in [1.165, 1.54) is 12.1 Å². The zero-order valence-electron chi connectivity index (χ0n) is 11.1. The second-order valence-corrected chi connectivity index (χ2v) is 4.53. The van der Waals surface area contributed by atoms with Crippen molar-refractivity contribution in [2.75, 3.05) is 5.32 Å². The number of carboxylic acids is 1. The summed E-state index contributed by atoms with van der Waals surface area (Å²) in [5.74, 6) is -2.32. The van der Waals surface area contributed by atoms with Gasteiger partial charge < -0.3 is 15.2 Å². The lowest BCUT2D eigenvalue weighted by Crippen LogP contribution is -2.18. The highest BCUT2D eigenvalue weighted by molar-refractivity contribution is 5.91. The van der Waals surface area contributed by atoms with Crippen LogP contribution in [0.25, 0.3) is 0 Å². The van der Waals surface area contributed by atoms with Crippen molar-refractivity contribution in [1.82, 2.24) is 0 Å². The fourth-order valence-corrected chi connectivity index (χ4v) is 1.67. The fourth-order valence-electron chi connectivity index (χ4n) is 1.67. The number of halogens is 3. The Labute approximate surface area is 118 Å². The Hall–Kier alpha value is -2.25. The fraction of sp³-hybridized carbons (Fsp3) is 0.385. The van der Waals surface area contributed by atoms with Crippen LogP contribution in [0.3, 0.4) is 0 Å². The molecule has 1 rings (SSSR count). The Morgan fingerprint density at radius 3 is 2.57 bits per heavy atom. The molecule has 1 aromatic rings. The lowest BCUT2D eigenvalue weighted by Gasteiger charge is -2.12. The molecule has 116 valence electrons. The lowest BCUT2D eigenvalue weighted by atomic mass is 10.0. The first-order chi connectivity index (χ1) is 9.65. The minimum absolute atomic E-state index is 0.0450. The summed E-state index contributed by atoms with van der Waals surface area (Å²) >= 11 is 0. The number of amides is 1. The molecule has 1 atom stereocenters. The molecule has 8 heteroatoms. The SMILES string of the molecule is CC(CC(=O)O)CC(=O)Nc1cccc(OC(F)(F)F)c1. The Balaban J connectivity index is 2.60. The zero-order chi connectivity index (χ0) is 16.0. The van der Waals surface area contributed by atoms with Crippen LogP contribution in [0, 0.1) is 5.92 Å². The van der Waals surface area contributed by atoms with Crippen LogP contribution >= 0.6 is 0 Å². The van der Waals surface area contributed by atoms with Crippen molar-refractivity contribution in [3.8, 4) is 5.75 Å². The first-order valence-electron chi connectivity index (χ1n) is 6.03. The molecule has 1 amide bonds. The summed E-state index contributed by atoms with van der Waals surface area (Å²) in [6.45, 7) is 1.59. The number of carbonyl (C=O) groups is 2. The molecule has 5 nitrogen and oxygen atoms in total. The van der Waals surface area contributed by atoms with Gasteiger partial charge in [0.15, 0.2) is 0 Å². The van der Waals surface area contributed by atoms with Gasteiger partial charge in [-0.25, -0.2) is 0 Å². The Kier molecular flexibility index (Phi) is 5.57. The highest BCUT2D eigenvalue weighted by atomic mass is 19.4. The largest absolute Gasteiger partial charge is 0.573 e. The number of aliphatic carboxylic acids is 1. The minimum Gasteiger partial charge on any atom is -0.481 e. The number of benzene rings is 1. The van der Waals surface area contributed by atoms with Crippen molar-refractivity contribution in [2.24, 2.45) is 5.92 Å². The van der Waals surface area contributed by atoms with Crippen LogP contribution in [0.1, 0.15) is 19.8 Å². The summed E-state index contributed by atoms with van der Waals surface area (Å²) in [6, 6.07) is 4.85. The number of hydrogen-bond donors (Lipinski definition) is 2. The normalized spacial score (nSPS) is 12.6. The van der Waals surface area contributed by atoms with Gasteiger partial charge in [0.25, 0.3) is 0 Å². The number of hydrogen-bond acceptors (Lipinski definition) is 3. The van der Waals surface area contributed by atoms with E-state index < -0.39 is 24.0 Å². The second-order valence-electron chi connectivity index (χ2n) is 4.53. The molecule has 0 heterocycles. The minimum atomic E-state index is -4.81. The van der Waals surface area contributed by atoms with Crippen LogP contribution in [-0.4, -0.2) is 23.3 Å². The first-order valence-corrected chi connectivity index (χ1v) is 6.03. The van der Waals surface area contributed by atoms with E-state index in [2.05, 4.69) is 10.1 Å². The average Bonchev–Trinajstić information content (AvgIpc) is 2.24. The van der Waals surface area contributed by atoms with Crippen LogP contribution in [0.2, 0.25) is 0 Å². The maximum Gasteiger partial charge on any atom is 0.573 e. The summed E-state index contributed by atoms with van der Waals surface area (Å²) in [4.78, 5) is 22.1. The van der Waals surface area contributed by atoms with E-state index in [1.54, 1.807) is 6.92 Å². The molecule has 0 aliphatic carbocycles. The van der Waals surface area contributed by atoms with Gasteiger partial charge in [-0.15, -0.1) is 13.2 Å². The summed E-state index contributed by atoms with van der Waals surface area (Å²) in [5.41, 5.74) is 0.143. The van der Waals surface area contributed by atoms with Crippen molar-refractivity contribution in [2.45, 2.75) is 26.1 Å². The molecule has 0 bridgehead atoms. The summed E-state index contributed by atoms with van der Waals surface area (Å²) < 4.78 is 39.9. The van der Waals surface area contributed by atoms with Gasteiger partial charge in [0.05, 0.1) is 0 Å². The molecule has 0 spiro atoms. The van der Waals surface area contributed by atoms with Gasteiger partial charge in [-0.05, 0) is 18.1 Å². The smallest absolute Gasteiger partial charge is 0.481 e. The van der Waals surface area contributed by atoms with Crippen LogP contribution in [0.5, 0.6) is 5.75 Å². The van der Waals surface area contributed by atoms with E-state index in [-0.39, 0.29) is 24.4 Å². The number of carboxylic acid groups (broad SMARTS) is 1. The third-order valence-corrected chi connectivity index (χ3v) is 2.41. The molecule has 21 heavy (non-hydrogen) atoms. The number of carbonyl (C=O) groups excluding carboxylic acids is 1. The zero-order valence-corrected chi connectivity index (χ0v) is 11.1. The van der Waals surface area contributed by atoms with Crippen molar-refractivity contribution < 1.29 is 32.6 Å². The van der Waals surface area contributed by atoms with Crippen LogP contribution in [0.15, 0.2) is 24.3 Å². The van der Waals surface area contributed by atoms with Crippen molar-refractivity contribution in [1.29, 1.82) is 0 Å². The average molecular weight is 305 g/mol. The molecular weight excluding hydrogens is 291 g/mol. The van der Waals surface area contributed by atoms with E-state index in [0.29, 0.717) is 0 Å². The van der Waals surface area contributed by atoms with Gasteiger partial charge in [0.2, 0.25) is 5.91 Å². The highest BCUT2D eigenvalue weighted by Crippen LogP contribution is 2.25. The topological polar surface area (TPSA) is 75.6 Å². The van der Waals surface area contributed by atoms with Gasteiger partial charge >= 0.3 is 12.3 Å². The Morgan fingerprint density at radius 2 is 2.00 bits per heavy atom. The van der Waals surface area contributed by atoms with E-state index >= 15 is 0 Å². The highest BCUT2D eigenvalue weighted by Gasteiger charge is 2.31. The molecular formula is C13H14F3NO4. The van der Waals surface area contributed by atoms with Gasteiger partial charge in [0.1, 0.15) is 5.75 Å². The molecule has 0 fully saturated rings.